The van der Waals surface area contributed by atoms with Gasteiger partial charge in [0, 0.05) is 34.4 Å². The van der Waals surface area contributed by atoms with Crippen molar-refractivity contribution < 1.29 is 25.8 Å². The zero-order chi connectivity index (χ0) is 32.9. The van der Waals surface area contributed by atoms with E-state index in [-0.39, 0.29) is 27.9 Å². The van der Waals surface area contributed by atoms with Crippen LogP contribution in [0.2, 0.25) is 0 Å². The van der Waals surface area contributed by atoms with Gasteiger partial charge in [0.1, 0.15) is 5.82 Å². The minimum absolute atomic E-state index is 0. The fourth-order valence-electron chi connectivity index (χ4n) is 8.01. The van der Waals surface area contributed by atoms with E-state index >= 15 is 0 Å². The summed E-state index contributed by atoms with van der Waals surface area (Å²) in [5.74, 6) is 4.30. The number of aromatic nitrogens is 4. The number of aryl methyl sites for hydroxylation is 1. The predicted octanol–water partition coefficient (Wildman–Crippen LogP) is 9.14. The largest absolute Gasteiger partial charge is 2.00 e. The minimum Gasteiger partial charge on any atom is -0.503 e. The third-order valence-electron chi connectivity index (χ3n) is 10.1. The summed E-state index contributed by atoms with van der Waals surface area (Å²) in [5.41, 5.74) is 9.60. The first-order valence-corrected chi connectivity index (χ1v) is 16.8. The SMILES string of the molecule is Cc1ccc2c3c1c1ccc(Oc4[c-]c5c(cc4)c4ccccc4n5-c4ccccn4)[c-]c1c1nc(-c4ccccc4)c(n13)B1C=CC=CN12.[Pt+2]. The number of para-hydroxylation sites is 1. The zero-order valence-corrected chi connectivity index (χ0v) is 29.6. The second-order valence-electron chi connectivity index (χ2n) is 12.9. The van der Waals surface area contributed by atoms with E-state index in [0.29, 0.717) is 11.5 Å². The van der Waals surface area contributed by atoms with Crippen LogP contribution < -0.4 is 15.1 Å². The van der Waals surface area contributed by atoms with Gasteiger partial charge < -0.3 is 18.5 Å². The molecule has 4 aromatic heterocycles. The van der Waals surface area contributed by atoms with E-state index in [1.807, 2.05) is 42.6 Å². The standard InChI is InChI=1S/C43H26BN5O.Pt/c1-27-16-21-36-41-39(27)33-20-18-29(50-30-17-19-32-31-13-5-6-14-35(31)48(37(32)26-30)38-15-7-9-23-45-38)25-34(33)43-46-40(28-11-3-2-4-12-28)42(49(41)43)44-22-8-10-24-47(36)44;/h2-24H,1H3;/q-2;+2. The van der Waals surface area contributed by atoms with E-state index < -0.39 is 0 Å². The van der Waals surface area contributed by atoms with Crippen LogP contribution in [0.3, 0.4) is 0 Å². The van der Waals surface area contributed by atoms with Gasteiger partial charge >= 0.3 is 27.9 Å². The van der Waals surface area contributed by atoms with Gasteiger partial charge in [-0.25, -0.2) is 4.98 Å². The van der Waals surface area contributed by atoms with Gasteiger partial charge in [0.25, 0.3) is 0 Å². The molecule has 0 amide bonds. The van der Waals surface area contributed by atoms with Crippen LogP contribution in [-0.4, -0.2) is 25.8 Å². The van der Waals surface area contributed by atoms with Gasteiger partial charge in [0.05, 0.1) is 22.5 Å². The summed E-state index contributed by atoms with van der Waals surface area (Å²) >= 11 is 0. The Balaban J connectivity index is 0.00000327. The molecule has 0 aliphatic carbocycles. The molecular formula is C43H26BN5OPt. The third-order valence-corrected chi connectivity index (χ3v) is 10.1. The first-order chi connectivity index (χ1) is 24.7. The van der Waals surface area contributed by atoms with Crippen LogP contribution in [0.1, 0.15) is 5.56 Å². The molecule has 6 nitrogen and oxygen atoms in total. The van der Waals surface area contributed by atoms with Crippen molar-refractivity contribution in [2.75, 3.05) is 4.81 Å². The fourth-order valence-corrected chi connectivity index (χ4v) is 8.01. The Morgan fingerprint density at radius 1 is 0.745 bits per heavy atom. The van der Waals surface area contributed by atoms with Crippen LogP contribution in [0.5, 0.6) is 11.5 Å². The smallest absolute Gasteiger partial charge is 0.503 e. The van der Waals surface area contributed by atoms with Crippen molar-refractivity contribution in [1.29, 1.82) is 0 Å². The predicted molar refractivity (Wildman–Crippen MR) is 203 cm³/mol. The average Bonchev–Trinajstić information content (AvgIpc) is 3.73. The number of hydrogen-bond acceptors (Lipinski definition) is 4. The normalized spacial score (nSPS) is 13.2. The number of nitrogens with zero attached hydrogens (tertiary/aromatic N) is 5. The molecule has 0 spiro atoms. The molecule has 2 aliphatic heterocycles. The number of imidazole rings is 1. The van der Waals surface area contributed by atoms with E-state index in [2.05, 4.69) is 135 Å². The summed E-state index contributed by atoms with van der Waals surface area (Å²) in [7, 11) is 0. The molecule has 242 valence electrons. The first kappa shape index (κ1) is 30.0. The second kappa shape index (κ2) is 11.3. The molecule has 8 heteroatoms. The number of rotatable bonds is 4. The molecule has 11 rings (SSSR count). The van der Waals surface area contributed by atoms with E-state index in [1.165, 1.54) is 16.6 Å². The third kappa shape index (κ3) is 4.28. The number of anilines is 1. The van der Waals surface area contributed by atoms with E-state index in [1.54, 1.807) is 0 Å². The number of hydrogen-bond donors (Lipinski definition) is 0. The van der Waals surface area contributed by atoms with E-state index in [4.69, 9.17) is 9.72 Å². The van der Waals surface area contributed by atoms with Crippen molar-refractivity contribution in [3.05, 3.63) is 157 Å². The van der Waals surface area contributed by atoms with Crippen LogP contribution in [0.4, 0.5) is 5.69 Å². The summed E-state index contributed by atoms with van der Waals surface area (Å²) < 4.78 is 11.1. The molecule has 0 saturated carbocycles. The number of pyridine rings is 2. The molecule has 51 heavy (non-hydrogen) atoms. The molecule has 2 aliphatic rings. The Morgan fingerprint density at radius 2 is 1.55 bits per heavy atom. The van der Waals surface area contributed by atoms with Crippen molar-refractivity contribution >= 4 is 67.3 Å². The van der Waals surface area contributed by atoms with Gasteiger partial charge in [-0.15, -0.1) is 29.7 Å². The maximum Gasteiger partial charge on any atom is 2.00 e. The Bertz CT molecular complexity index is 2930. The van der Waals surface area contributed by atoms with E-state index in [0.717, 1.165) is 66.4 Å². The van der Waals surface area contributed by atoms with Gasteiger partial charge in [-0.3, -0.25) is 4.98 Å². The molecule has 6 heterocycles. The van der Waals surface area contributed by atoms with Crippen LogP contribution in [0, 0.1) is 19.1 Å². The van der Waals surface area contributed by atoms with Crippen LogP contribution in [0.25, 0.3) is 66.2 Å². The molecule has 0 atom stereocenters. The number of ether oxygens (including phenoxy) is 1. The molecule has 0 saturated heterocycles. The monoisotopic (exact) mass is 834 g/mol. The first-order valence-electron chi connectivity index (χ1n) is 16.8. The summed E-state index contributed by atoms with van der Waals surface area (Å²) in [4.78, 5) is 12.5. The van der Waals surface area contributed by atoms with Crippen molar-refractivity contribution in [2.45, 2.75) is 6.92 Å². The van der Waals surface area contributed by atoms with Crippen molar-refractivity contribution in [1.82, 2.24) is 18.9 Å². The van der Waals surface area contributed by atoms with Crippen LogP contribution in [-0.2, 0) is 21.1 Å². The summed E-state index contributed by atoms with van der Waals surface area (Å²) in [6, 6.07) is 44.8. The quantitative estimate of drug-likeness (QED) is 0.101. The van der Waals surface area contributed by atoms with Crippen molar-refractivity contribution in [3.63, 3.8) is 0 Å². The summed E-state index contributed by atoms with van der Waals surface area (Å²) in [5, 5.41) is 5.45. The molecular weight excluding hydrogens is 808 g/mol. The topological polar surface area (TPSA) is 47.6 Å². The molecule has 0 fully saturated rings. The molecule has 0 unspecified atom stereocenters. The summed E-state index contributed by atoms with van der Waals surface area (Å²) in [6.45, 7) is 2.19. The van der Waals surface area contributed by atoms with Gasteiger partial charge in [-0.05, 0) is 54.2 Å². The number of fused-ring (bicyclic) bond motifs is 9. The second-order valence-corrected chi connectivity index (χ2v) is 12.9. The Hall–Kier alpha value is -5.91. The molecule has 5 aromatic carbocycles. The minimum atomic E-state index is 0. The average molecular weight is 835 g/mol. The Labute approximate surface area is 308 Å². The van der Waals surface area contributed by atoms with E-state index in [9.17, 15) is 0 Å². The molecule has 0 N–H and O–H groups in total. The van der Waals surface area contributed by atoms with Crippen molar-refractivity contribution in [2.24, 2.45) is 0 Å². The number of allylic oxidation sites excluding steroid dienone is 2. The van der Waals surface area contributed by atoms with Crippen molar-refractivity contribution in [3.8, 4) is 28.6 Å². The maximum absolute atomic E-state index is 6.61. The number of benzene rings is 5. The van der Waals surface area contributed by atoms with Crippen LogP contribution >= 0.6 is 0 Å². The van der Waals surface area contributed by atoms with Gasteiger partial charge in [0.15, 0.2) is 0 Å². The Morgan fingerprint density at radius 3 is 2.41 bits per heavy atom. The summed E-state index contributed by atoms with van der Waals surface area (Å²) in [6.07, 6.45) is 8.24. The van der Waals surface area contributed by atoms with Crippen LogP contribution in [0.15, 0.2) is 140 Å². The Kier molecular flexibility index (Phi) is 6.64. The van der Waals surface area contributed by atoms with Gasteiger partial charge in [-0.2, -0.15) is 6.07 Å². The maximum atomic E-state index is 6.61. The molecule has 0 radical (unpaired) electrons. The molecule has 9 aromatic rings. The molecule has 0 bridgehead atoms. The van der Waals surface area contributed by atoms with Gasteiger partial charge in [-0.1, -0.05) is 101 Å². The zero-order valence-electron chi connectivity index (χ0n) is 27.3. The fraction of sp³-hybridized carbons (Fsp3) is 0.0233. The van der Waals surface area contributed by atoms with Gasteiger partial charge in [0.2, 0.25) is 0 Å².